The Morgan fingerprint density at radius 2 is 2.09 bits per heavy atom. The summed E-state index contributed by atoms with van der Waals surface area (Å²) in [6, 6.07) is 12.9. The molecule has 1 fully saturated rings. The Labute approximate surface area is 280 Å². The monoisotopic (exact) mass is 677 g/mol. The first-order chi connectivity index (χ1) is 22.6. The van der Waals surface area contributed by atoms with Crippen molar-refractivity contribution in [3.05, 3.63) is 92.7 Å². The Morgan fingerprint density at radius 1 is 1.28 bits per heavy atom. The summed E-state index contributed by atoms with van der Waals surface area (Å²) in [7, 11) is 0. The van der Waals surface area contributed by atoms with E-state index in [1.54, 1.807) is 30.6 Å². The highest BCUT2D eigenvalue weighted by Crippen LogP contribution is 2.46. The lowest BCUT2D eigenvalue weighted by atomic mass is 10.0. The Balaban J connectivity index is 1.17. The second-order valence-electron chi connectivity index (χ2n) is 12.0. The first kappa shape index (κ1) is 32.6. The topological polar surface area (TPSA) is 175 Å². The van der Waals surface area contributed by atoms with E-state index in [1.165, 1.54) is 15.9 Å². The Hall–Kier alpha value is -4.30. The lowest BCUT2D eigenvalue weighted by Crippen LogP contribution is -2.27. The van der Waals surface area contributed by atoms with Crippen LogP contribution >= 0.6 is 22.9 Å². The second kappa shape index (κ2) is 13.8. The molecule has 8 N–H and O–H groups in total. The molecule has 3 heterocycles. The molecule has 0 saturated heterocycles. The van der Waals surface area contributed by atoms with E-state index in [0.29, 0.717) is 47.6 Å². The fourth-order valence-corrected chi connectivity index (χ4v) is 6.54. The van der Waals surface area contributed by atoms with Crippen LogP contribution in [0.4, 0.5) is 9.52 Å². The highest BCUT2D eigenvalue weighted by atomic mass is 35.5. The van der Waals surface area contributed by atoms with Crippen LogP contribution in [-0.4, -0.2) is 49.7 Å². The summed E-state index contributed by atoms with van der Waals surface area (Å²) in [6.45, 7) is 2.78. The number of aryl methyl sites for hydroxylation is 1. The predicted octanol–water partition coefficient (Wildman–Crippen LogP) is 5.10. The van der Waals surface area contributed by atoms with Crippen molar-refractivity contribution in [3.63, 3.8) is 0 Å². The van der Waals surface area contributed by atoms with Gasteiger partial charge in [-0.1, -0.05) is 23.7 Å². The van der Waals surface area contributed by atoms with Gasteiger partial charge >= 0.3 is 5.69 Å². The third-order valence-electron chi connectivity index (χ3n) is 8.34. The summed E-state index contributed by atoms with van der Waals surface area (Å²) in [5.74, 6) is -0.481. The third kappa shape index (κ3) is 7.65. The lowest BCUT2D eigenvalue weighted by molar-refractivity contribution is 0.0135. The van der Waals surface area contributed by atoms with Crippen LogP contribution in [-0.2, 0) is 17.8 Å². The Bertz CT molecular complexity index is 1940. The van der Waals surface area contributed by atoms with E-state index in [9.17, 15) is 4.79 Å². The van der Waals surface area contributed by atoms with Gasteiger partial charge in [0.2, 0.25) is 0 Å². The molecule has 1 aliphatic carbocycles. The molecule has 0 radical (unpaired) electrons. The summed E-state index contributed by atoms with van der Waals surface area (Å²) in [5, 5.41) is 6.89. The standard InChI is InChI=1S/C33H37ClFN9O2S/c1-19(36)3-2-4-21-13-24(28(35)25(34)14-21)26-15-22-17-44(32(45)43-29(22)41-26)23-7-5-20(6-8-23)18-46-33(9-10-39-30(37)38)16-27(33)42-31-40-11-12-47-31/h5-8,11-15,17,19,27H,2-4,9-10,16,18,36H2,1H3,(H,40,42)(H4,37,38,39)(H,41,43,45)/t19-,27+,33?/m0/s1. The number of nitrogens with two attached hydrogens (primary N) is 3. The van der Waals surface area contributed by atoms with Crippen molar-refractivity contribution in [2.24, 2.45) is 22.2 Å². The highest BCUT2D eigenvalue weighted by Gasteiger charge is 2.55. The van der Waals surface area contributed by atoms with Crippen molar-refractivity contribution in [2.75, 3.05) is 11.9 Å². The summed E-state index contributed by atoms with van der Waals surface area (Å²) in [5.41, 5.74) is 19.7. The maximum Gasteiger partial charge on any atom is 0.354 e. The van der Waals surface area contributed by atoms with Crippen LogP contribution in [0.1, 0.15) is 43.7 Å². The van der Waals surface area contributed by atoms with E-state index >= 15 is 4.39 Å². The summed E-state index contributed by atoms with van der Waals surface area (Å²) < 4.78 is 23.1. The number of aromatic amines is 1. The Kier molecular flexibility index (Phi) is 9.60. The molecule has 5 aromatic rings. The number of halogens is 2. The van der Waals surface area contributed by atoms with E-state index in [2.05, 4.69) is 25.3 Å². The van der Waals surface area contributed by atoms with E-state index in [0.717, 1.165) is 41.9 Å². The van der Waals surface area contributed by atoms with Gasteiger partial charge < -0.3 is 32.2 Å². The van der Waals surface area contributed by atoms with E-state index in [1.807, 2.05) is 36.6 Å². The fourth-order valence-electron chi connectivity index (χ4n) is 5.71. The Morgan fingerprint density at radius 3 is 2.81 bits per heavy atom. The third-order valence-corrected chi connectivity index (χ3v) is 9.32. The summed E-state index contributed by atoms with van der Waals surface area (Å²) in [4.78, 5) is 28.8. The molecule has 0 aliphatic heterocycles. The summed E-state index contributed by atoms with van der Waals surface area (Å²) in [6.07, 6.45) is 7.35. The van der Waals surface area contributed by atoms with Crippen molar-refractivity contribution < 1.29 is 9.13 Å². The first-order valence-electron chi connectivity index (χ1n) is 15.4. The average Bonchev–Trinajstić information content (AvgIpc) is 3.33. The van der Waals surface area contributed by atoms with Gasteiger partial charge in [-0.2, -0.15) is 4.98 Å². The molecule has 14 heteroatoms. The number of rotatable bonds is 14. The van der Waals surface area contributed by atoms with Gasteiger partial charge in [-0.15, -0.1) is 11.3 Å². The van der Waals surface area contributed by atoms with Gasteiger partial charge in [0.25, 0.3) is 0 Å². The molecular formula is C33H37ClFN9O2S. The van der Waals surface area contributed by atoms with Crippen LogP contribution < -0.4 is 28.2 Å². The number of anilines is 1. The molecule has 11 nitrogen and oxygen atoms in total. The molecule has 1 aliphatic rings. The number of thiazole rings is 1. The number of aromatic nitrogens is 4. The molecule has 47 heavy (non-hydrogen) atoms. The molecular weight excluding hydrogens is 641 g/mol. The lowest BCUT2D eigenvalue weighted by Gasteiger charge is -2.18. The molecule has 3 aromatic heterocycles. The molecule has 0 spiro atoms. The van der Waals surface area contributed by atoms with Crippen LogP contribution in [0.15, 0.2) is 70.0 Å². The summed E-state index contributed by atoms with van der Waals surface area (Å²) >= 11 is 7.80. The van der Waals surface area contributed by atoms with Crippen molar-refractivity contribution in [2.45, 2.75) is 63.3 Å². The number of fused-ring (bicyclic) bond motifs is 1. The van der Waals surface area contributed by atoms with Gasteiger partial charge in [0.05, 0.1) is 34.7 Å². The van der Waals surface area contributed by atoms with Gasteiger partial charge in [0.15, 0.2) is 16.9 Å². The highest BCUT2D eigenvalue weighted by molar-refractivity contribution is 7.13. The minimum absolute atomic E-state index is 0.0428. The SMILES string of the molecule is C[C@H](N)CCCc1cc(Cl)c(F)c(-c2cc3cn(-c4ccc(COC5(CCN=C(N)N)C[C@H]5Nc5nccs5)cc4)c(=O)nc3[nH]2)c1. The van der Waals surface area contributed by atoms with Crippen LogP contribution in [0.3, 0.4) is 0 Å². The maximum atomic E-state index is 15.2. The molecule has 1 unspecified atom stereocenters. The van der Waals surface area contributed by atoms with Gasteiger partial charge in [-0.05, 0) is 74.1 Å². The first-order valence-corrected chi connectivity index (χ1v) is 16.7. The number of aliphatic imine (C=N–C) groups is 1. The van der Waals surface area contributed by atoms with Crippen LogP contribution in [0.25, 0.3) is 28.0 Å². The van der Waals surface area contributed by atoms with E-state index in [-0.39, 0.29) is 23.1 Å². The number of ether oxygens (including phenoxy) is 1. The van der Waals surface area contributed by atoms with Crippen LogP contribution in [0.5, 0.6) is 0 Å². The fraction of sp³-hybridized carbons (Fsp3) is 0.333. The zero-order valence-electron chi connectivity index (χ0n) is 25.9. The van der Waals surface area contributed by atoms with Crippen LogP contribution in [0.2, 0.25) is 5.02 Å². The quantitative estimate of drug-likeness (QED) is 0.0796. The molecule has 2 aromatic carbocycles. The number of nitrogens with one attached hydrogen (secondary N) is 2. The van der Waals surface area contributed by atoms with Crippen molar-refractivity contribution in [3.8, 4) is 16.9 Å². The van der Waals surface area contributed by atoms with E-state index in [4.69, 9.17) is 33.5 Å². The average molecular weight is 678 g/mol. The molecule has 0 amide bonds. The van der Waals surface area contributed by atoms with Crippen molar-refractivity contribution >= 4 is 45.1 Å². The molecule has 6 rings (SSSR count). The van der Waals surface area contributed by atoms with Gasteiger partial charge in [0.1, 0.15) is 5.65 Å². The number of nitrogens with zero attached hydrogens (tertiary/aromatic N) is 4. The minimum Gasteiger partial charge on any atom is -0.370 e. The second-order valence-corrected chi connectivity index (χ2v) is 13.3. The normalized spacial score (nSPS) is 17.9. The number of H-pyrrole nitrogens is 1. The van der Waals surface area contributed by atoms with E-state index < -0.39 is 17.1 Å². The number of guanidine groups is 1. The van der Waals surface area contributed by atoms with Crippen LogP contribution in [0, 0.1) is 5.82 Å². The zero-order chi connectivity index (χ0) is 33.1. The number of benzene rings is 2. The molecule has 246 valence electrons. The predicted molar refractivity (Wildman–Crippen MR) is 186 cm³/mol. The smallest absolute Gasteiger partial charge is 0.354 e. The van der Waals surface area contributed by atoms with Crippen molar-refractivity contribution in [1.29, 1.82) is 0 Å². The largest absolute Gasteiger partial charge is 0.370 e. The van der Waals surface area contributed by atoms with Crippen molar-refractivity contribution in [1.82, 2.24) is 19.5 Å². The number of hydrogen-bond donors (Lipinski definition) is 5. The van der Waals surface area contributed by atoms with Gasteiger partial charge in [-0.25, -0.2) is 14.2 Å². The van der Waals surface area contributed by atoms with Gasteiger partial charge in [-0.3, -0.25) is 9.56 Å². The molecule has 1 saturated carbocycles. The molecule has 3 atom stereocenters. The zero-order valence-corrected chi connectivity index (χ0v) is 27.5. The minimum atomic E-state index is -0.531. The number of hydrogen-bond acceptors (Lipinski definition) is 8. The maximum absolute atomic E-state index is 15.2. The molecule has 0 bridgehead atoms. The van der Waals surface area contributed by atoms with Gasteiger partial charge in [0, 0.05) is 47.7 Å².